The third-order valence-corrected chi connectivity index (χ3v) is 5.54. The maximum absolute atomic E-state index is 12.2. The molecule has 1 fully saturated rings. The average molecular weight is 371 g/mol. The fourth-order valence-electron chi connectivity index (χ4n) is 3.85. The standard InChI is InChI=1S/C20H29N5O2/c1-4-15(5-2)20(27)22-10-12-25-19-17(7-6-9-21-19)18(23-25)16-8-11-24(13-16)14(3)26/h6-7,9,15-16H,4-5,8,10-13H2,1-3H3,(H,22,27)/t16-/m0/s1. The molecule has 1 aliphatic heterocycles. The third kappa shape index (κ3) is 4.12. The predicted molar refractivity (Wildman–Crippen MR) is 104 cm³/mol. The summed E-state index contributed by atoms with van der Waals surface area (Å²) in [4.78, 5) is 30.2. The highest BCUT2D eigenvalue weighted by Gasteiger charge is 2.29. The summed E-state index contributed by atoms with van der Waals surface area (Å²) in [6.45, 7) is 8.30. The van der Waals surface area contributed by atoms with Gasteiger partial charge in [-0.15, -0.1) is 0 Å². The highest BCUT2D eigenvalue weighted by atomic mass is 16.2. The molecule has 3 rings (SSSR count). The van der Waals surface area contributed by atoms with Gasteiger partial charge >= 0.3 is 0 Å². The molecule has 1 N–H and O–H groups in total. The largest absolute Gasteiger partial charge is 0.354 e. The predicted octanol–water partition coefficient (Wildman–Crippen LogP) is 2.32. The van der Waals surface area contributed by atoms with Gasteiger partial charge in [0.2, 0.25) is 11.8 Å². The van der Waals surface area contributed by atoms with Crippen LogP contribution in [0.3, 0.4) is 0 Å². The number of fused-ring (bicyclic) bond motifs is 1. The van der Waals surface area contributed by atoms with Gasteiger partial charge in [-0.3, -0.25) is 9.59 Å². The van der Waals surface area contributed by atoms with E-state index in [1.54, 1.807) is 13.1 Å². The fraction of sp³-hybridized carbons (Fsp3) is 0.600. The van der Waals surface area contributed by atoms with Crippen LogP contribution >= 0.6 is 0 Å². The van der Waals surface area contributed by atoms with Gasteiger partial charge in [-0.2, -0.15) is 5.10 Å². The van der Waals surface area contributed by atoms with Crippen LogP contribution in [-0.2, 0) is 16.1 Å². The summed E-state index contributed by atoms with van der Waals surface area (Å²) in [5.41, 5.74) is 1.85. The van der Waals surface area contributed by atoms with Crippen LogP contribution in [0.4, 0.5) is 0 Å². The minimum absolute atomic E-state index is 0.0732. The fourth-order valence-corrected chi connectivity index (χ4v) is 3.85. The molecule has 7 heteroatoms. The van der Waals surface area contributed by atoms with Crippen molar-refractivity contribution in [3.63, 3.8) is 0 Å². The number of likely N-dealkylation sites (tertiary alicyclic amines) is 1. The first-order valence-electron chi connectivity index (χ1n) is 9.89. The molecule has 3 heterocycles. The number of rotatable bonds is 7. The topological polar surface area (TPSA) is 80.1 Å². The van der Waals surface area contributed by atoms with Gasteiger partial charge in [0, 0.05) is 50.0 Å². The van der Waals surface area contributed by atoms with Crippen LogP contribution in [0.25, 0.3) is 11.0 Å². The Hall–Kier alpha value is -2.44. The van der Waals surface area contributed by atoms with Crippen LogP contribution in [0.2, 0.25) is 0 Å². The summed E-state index contributed by atoms with van der Waals surface area (Å²) in [6.07, 6.45) is 4.40. The molecule has 2 aromatic heterocycles. The lowest BCUT2D eigenvalue weighted by Gasteiger charge is -2.13. The number of carbonyl (C=O) groups is 2. The van der Waals surface area contributed by atoms with Gasteiger partial charge in [-0.05, 0) is 31.4 Å². The summed E-state index contributed by atoms with van der Waals surface area (Å²) in [7, 11) is 0. The molecule has 2 amide bonds. The summed E-state index contributed by atoms with van der Waals surface area (Å²) < 4.78 is 1.88. The molecular formula is C20H29N5O2. The Kier molecular flexibility index (Phi) is 6.08. The molecule has 2 aromatic rings. The first-order chi connectivity index (χ1) is 13.0. The molecule has 0 aliphatic carbocycles. The van der Waals surface area contributed by atoms with Crippen molar-refractivity contribution in [1.82, 2.24) is 25.0 Å². The summed E-state index contributed by atoms with van der Waals surface area (Å²) >= 11 is 0. The van der Waals surface area contributed by atoms with Crippen LogP contribution in [0.5, 0.6) is 0 Å². The van der Waals surface area contributed by atoms with Crippen molar-refractivity contribution in [2.75, 3.05) is 19.6 Å². The molecule has 0 saturated carbocycles. The average Bonchev–Trinajstić information content (AvgIpc) is 3.28. The number of pyridine rings is 1. The van der Waals surface area contributed by atoms with Crippen molar-refractivity contribution in [1.29, 1.82) is 0 Å². The van der Waals surface area contributed by atoms with Crippen LogP contribution in [0.15, 0.2) is 18.3 Å². The Morgan fingerprint density at radius 3 is 2.78 bits per heavy atom. The minimum Gasteiger partial charge on any atom is -0.354 e. The van der Waals surface area contributed by atoms with E-state index < -0.39 is 0 Å². The molecule has 0 aromatic carbocycles. The molecule has 0 radical (unpaired) electrons. The van der Waals surface area contributed by atoms with E-state index in [2.05, 4.69) is 10.3 Å². The van der Waals surface area contributed by atoms with Gasteiger partial charge < -0.3 is 10.2 Å². The van der Waals surface area contributed by atoms with Gasteiger partial charge in [0.15, 0.2) is 5.65 Å². The Morgan fingerprint density at radius 1 is 1.33 bits per heavy atom. The van der Waals surface area contributed by atoms with Crippen molar-refractivity contribution in [3.05, 3.63) is 24.0 Å². The number of nitrogens with one attached hydrogen (secondary N) is 1. The molecule has 0 unspecified atom stereocenters. The van der Waals surface area contributed by atoms with E-state index in [-0.39, 0.29) is 23.7 Å². The van der Waals surface area contributed by atoms with Crippen LogP contribution in [0, 0.1) is 5.92 Å². The summed E-state index contributed by atoms with van der Waals surface area (Å²) in [5.74, 6) is 0.533. The Bertz CT molecular complexity index is 812. The van der Waals surface area contributed by atoms with Crippen LogP contribution < -0.4 is 5.32 Å². The third-order valence-electron chi connectivity index (χ3n) is 5.54. The van der Waals surface area contributed by atoms with E-state index in [1.807, 2.05) is 35.6 Å². The van der Waals surface area contributed by atoms with Crippen molar-refractivity contribution in [3.8, 4) is 0 Å². The second-order valence-corrected chi connectivity index (χ2v) is 7.24. The molecule has 27 heavy (non-hydrogen) atoms. The smallest absolute Gasteiger partial charge is 0.223 e. The van der Waals surface area contributed by atoms with Crippen LogP contribution in [-0.4, -0.2) is 51.1 Å². The number of nitrogens with zero attached hydrogens (tertiary/aromatic N) is 4. The van der Waals surface area contributed by atoms with Crippen LogP contribution in [0.1, 0.15) is 51.6 Å². The quantitative estimate of drug-likeness (QED) is 0.810. The lowest BCUT2D eigenvalue weighted by Crippen LogP contribution is -2.32. The maximum atomic E-state index is 12.2. The number of carbonyl (C=O) groups excluding carboxylic acids is 2. The number of aromatic nitrogens is 3. The number of hydrogen-bond acceptors (Lipinski definition) is 4. The second-order valence-electron chi connectivity index (χ2n) is 7.24. The van der Waals surface area contributed by atoms with Crippen molar-refractivity contribution >= 4 is 22.8 Å². The first kappa shape index (κ1) is 19.3. The zero-order chi connectivity index (χ0) is 19.4. The maximum Gasteiger partial charge on any atom is 0.223 e. The Morgan fingerprint density at radius 2 is 2.11 bits per heavy atom. The molecule has 0 spiro atoms. The van der Waals surface area contributed by atoms with E-state index in [9.17, 15) is 9.59 Å². The van der Waals surface area contributed by atoms with Gasteiger partial charge in [0.05, 0.1) is 12.2 Å². The summed E-state index contributed by atoms with van der Waals surface area (Å²) in [6, 6.07) is 3.96. The molecule has 1 saturated heterocycles. The first-order valence-corrected chi connectivity index (χ1v) is 9.89. The normalized spacial score (nSPS) is 17.0. The lowest BCUT2D eigenvalue weighted by molar-refractivity contribution is -0.128. The van der Waals surface area contributed by atoms with E-state index in [1.165, 1.54) is 0 Å². The second kappa shape index (κ2) is 8.50. The van der Waals surface area contributed by atoms with Gasteiger partial charge in [-0.1, -0.05) is 13.8 Å². The highest BCUT2D eigenvalue weighted by Crippen LogP contribution is 2.31. The van der Waals surface area contributed by atoms with Gasteiger partial charge in [0.1, 0.15) is 0 Å². The number of hydrogen-bond donors (Lipinski definition) is 1. The van der Waals surface area contributed by atoms with E-state index >= 15 is 0 Å². The zero-order valence-corrected chi connectivity index (χ0v) is 16.4. The van der Waals surface area contributed by atoms with E-state index in [4.69, 9.17) is 5.10 Å². The van der Waals surface area contributed by atoms with Gasteiger partial charge in [-0.25, -0.2) is 9.67 Å². The molecule has 0 bridgehead atoms. The number of amides is 2. The molecule has 1 aliphatic rings. The molecule has 7 nitrogen and oxygen atoms in total. The molecular weight excluding hydrogens is 342 g/mol. The Balaban J connectivity index is 1.73. The van der Waals surface area contributed by atoms with Gasteiger partial charge in [0.25, 0.3) is 0 Å². The highest BCUT2D eigenvalue weighted by molar-refractivity contribution is 5.80. The Labute approximate surface area is 160 Å². The zero-order valence-electron chi connectivity index (χ0n) is 16.4. The minimum atomic E-state index is 0.0732. The SMILES string of the molecule is CCC(CC)C(=O)NCCn1nc([C@H]2CCN(C(C)=O)C2)c2cccnc21. The monoisotopic (exact) mass is 371 g/mol. The summed E-state index contributed by atoms with van der Waals surface area (Å²) in [5, 5.41) is 8.87. The molecule has 146 valence electrons. The van der Waals surface area contributed by atoms with Crippen molar-refractivity contribution < 1.29 is 9.59 Å². The lowest BCUT2D eigenvalue weighted by atomic mass is 10.0. The molecule has 1 atom stereocenters. The van der Waals surface area contributed by atoms with Crippen molar-refractivity contribution in [2.45, 2.75) is 52.5 Å². The van der Waals surface area contributed by atoms with Crippen molar-refractivity contribution in [2.24, 2.45) is 5.92 Å². The van der Waals surface area contributed by atoms with E-state index in [0.29, 0.717) is 19.6 Å². The van der Waals surface area contributed by atoms with E-state index in [0.717, 1.165) is 42.5 Å².